The summed E-state index contributed by atoms with van der Waals surface area (Å²) in [6.07, 6.45) is 0. The fourth-order valence-corrected chi connectivity index (χ4v) is 2.42. The number of benzene rings is 1. The zero-order chi connectivity index (χ0) is 14.0. The molecule has 8 heteroatoms. The summed E-state index contributed by atoms with van der Waals surface area (Å²) in [6, 6.07) is 4.18. The third kappa shape index (κ3) is 3.62. The van der Waals surface area contributed by atoms with Crippen molar-refractivity contribution in [2.45, 2.75) is 17.7 Å². The van der Waals surface area contributed by atoms with E-state index in [0.29, 0.717) is 0 Å². The molecule has 0 aliphatic rings. The van der Waals surface area contributed by atoms with Crippen LogP contribution in [0.4, 0.5) is 14.5 Å². The Morgan fingerprint density at radius 1 is 1.44 bits per heavy atom. The lowest BCUT2D eigenvalue weighted by molar-refractivity contribution is -0.0437. The van der Waals surface area contributed by atoms with Crippen molar-refractivity contribution in [1.82, 2.24) is 4.72 Å². The molecular formula is C10H14F2N2O3S. The standard InChI is InChI=1S/C10H14F2N2O3S/c1-7-2-3-9(8(13)4-7)18(16,17)14-5-10(11,12)6-15/h2-4,14-15H,5-6,13H2,1H3. The van der Waals surface area contributed by atoms with E-state index in [1.807, 2.05) is 0 Å². The van der Waals surface area contributed by atoms with E-state index >= 15 is 0 Å². The SMILES string of the molecule is Cc1ccc(S(=O)(=O)NCC(F)(F)CO)c(N)c1. The number of nitrogens with one attached hydrogen (secondary N) is 1. The molecule has 0 aromatic heterocycles. The normalized spacial score (nSPS) is 12.7. The fourth-order valence-electron chi connectivity index (χ4n) is 1.25. The molecule has 0 bridgehead atoms. The molecule has 102 valence electrons. The molecule has 0 amide bonds. The lowest BCUT2D eigenvalue weighted by Gasteiger charge is -2.15. The van der Waals surface area contributed by atoms with Gasteiger partial charge in [-0.2, -0.15) is 0 Å². The number of aliphatic hydroxyl groups is 1. The van der Waals surface area contributed by atoms with Crippen LogP contribution in [-0.4, -0.2) is 32.6 Å². The Kier molecular flexibility index (Phi) is 4.25. The molecule has 0 saturated carbocycles. The maximum atomic E-state index is 12.8. The average Bonchev–Trinajstić information content (AvgIpc) is 2.26. The van der Waals surface area contributed by atoms with Gasteiger partial charge in [-0.05, 0) is 24.6 Å². The minimum Gasteiger partial charge on any atom is -0.398 e. The van der Waals surface area contributed by atoms with Crippen LogP contribution in [-0.2, 0) is 10.0 Å². The van der Waals surface area contributed by atoms with Gasteiger partial charge in [0.05, 0.1) is 12.2 Å². The van der Waals surface area contributed by atoms with Gasteiger partial charge < -0.3 is 10.8 Å². The van der Waals surface area contributed by atoms with E-state index in [-0.39, 0.29) is 10.6 Å². The molecule has 0 aliphatic carbocycles. The molecule has 18 heavy (non-hydrogen) atoms. The van der Waals surface area contributed by atoms with Crippen molar-refractivity contribution in [3.63, 3.8) is 0 Å². The first kappa shape index (κ1) is 14.8. The quantitative estimate of drug-likeness (QED) is 0.684. The molecule has 5 nitrogen and oxygen atoms in total. The molecule has 0 radical (unpaired) electrons. The maximum absolute atomic E-state index is 12.8. The largest absolute Gasteiger partial charge is 0.398 e. The summed E-state index contributed by atoms with van der Waals surface area (Å²) in [5, 5.41) is 8.34. The summed E-state index contributed by atoms with van der Waals surface area (Å²) in [7, 11) is -4.12. The van der Waals surface area contributed by atoms with Gasteiger partial charge in [-0.3, -0.25) is 0 Å². The van der Waals surface area contributed by atoms with E-state index < -0.39 is 29.1 Å². The number of anilines is 1. The summed E-state index contributed by atoms with van der Waals surface area (Å²) < 4.78 is 50.7. The molecule has 0 atom stereocenters. The lowest BCUT2D eigenvalue weighted by Crippen LogP contribution is -2.39. The monoisotopic (exact) mass is 280 g/mol. The van der Waals surface area contributed by atoms with Gasteiger partial charge >= 0.3 is 0 Å². The third-order valence-electron chi connectivity index (χ3n) is 2.21. The van der Waals surface area contributed by atoms with Gasteiger partial charge in [-0.1, -0.05) is 6.07 Å². The van der Waals surface area contributed by atoms with Crippen LogP contribution in [0.3, 0.4) is 0 Å². The zero-order valence-corrected chi connectivity index (χ0v) is 10.5. The highest BCUT2D eigenvalue weighted by atomic mass is 32.2. The molecule has 0 heterocycles. The first-order valence-corrected chi connectivity index (χ1v) is 6.51. The minimum atomic E-state index is -4.12. The maximum Gasteiger partial charge on any atom is 0.283 e. The number of halogens is 2. The van der Waals surface area contributed by atoms with Crippen molar-refractivity contribution in [3.05, 3.63) is 23.8 Å². The van der Waals surface area contributed by atoms with Gasteiger partial charge in [0, 0.05) is 0 Å². The Morgan fingerprint density at radius 3 is 2.56 bits per heavy atom. The van der Waals surface area contributed by atoms with Crippen LogP contribution in [0.5, 0.6) is 0 Å². The van der Waals surface area contributed by atoms with Crippen molar-refractivity contribution >= 4 is 15.7 Å². The third-order valence-corrected chi connectivity index (χ3v) is 3.68. The molecule has 0 fully saturated rings. The molecule has 1 rings (SSSR count). The number of hydrogen-bond donors (Lipinski definition) is 3. The number of aliphatic hydroxyl groups excluding tert-OH is 1. The summed E-state index contributed by atoms with van der Waals surface area (Å²) in [5.41, 5.74) is 6.26. The number of nitrogens with two attached hydrogens (primary N) is 1. The summed E-state index contributed by atoms with van der Waals surface area (Å²) >= 11 is 0. The van der Waals surface area contributed by atoms with E-state index in [1.54, 1.807) is 11.6 Å². The minimum absolute atomic E-state index is 0.0187. The predicted octanol–water partition coefficient (Wildman–Crippen LogP) is 0.483. The topological polar surface area (TPSA) is 92.4 Å². The molecule has 0 saturated heterocycles. The van der Waals surface area contributed by atoms with Gasteiger partial charge in [0.15, 0.2) is 0 Å². The molecule has 0 unspecified atom stereocenters. The Bertz CT molecular complexity index is 532. The van der Waals surface area contributed by atoms with Gasteiger partial charge in [-0.15, -0.1) is 0 Å². The summed E-state index contributed by atoms with van der Waals surface area (Å²) in [6.45, 7) is -0.891. The Balaban J connectivity index is 2.94. The number of aryl methyl sites for hydroxylation is 1. The summed E-state index contributed by atoms with van der Waals surface area (Å²) in [5.74, 6) is -3.51. The van der Waals surface area contributed by atoms with Crippen LogP contribution in [0.1, 0.15) is 5.56 Å². The Labute approximate surface area is 104 Å². The van der Waals surface area contributed by atoms with E-state index in [1.165, 1.54) is 18.2 Å². The second-order valence-electron chi connectivity index (χ2n) is 3.88. The average molecular weight is 280 g/mol. The van der Waals surface area contributed by atoms with E-state index in [9.17, 15) is 17.2 Å². The summed E-state index contributed by atoms with van der Waals surface area (Å²) in [4.78, 5) is -0.262. The second kappa shape index (κ2) is 5.17. The highest BCUT2D eigenvalue weighted by molar-refractivity contribution is 7.89. The number of nitrogen functional groups attached to an aromatic ring is 1. The number of rotatable bonds is 5. The molecular weight excluding hydrogens is 266 g/mol. The molecule has 0 spiro atoms. The van der Waals surface area contributed by atoms with Crippen molar-refractivity contribution in [2.75, 3.05) is 18.9 Å². The predicted molar refractivity (Wildman–Crippen MR) is 62.8 cm³/mol. The van der Waals surface area contributed by atoms with Crippen LogP contribution in [0, 0.1) is 6.92 Å². The van der Waals surface area contributed by atoms with Gasteiger partial charge in [0.1, 0.15) is 11.5 Å². The molecule has 4 N–H and O–H groups in total. The number of sulfonamides is 1. The number of alkyl halides is 2. The Morgan fingerprint density at radius 2 is 2.06 bits per heavy atom. The van der Waals surface area contributed by atoms with Crippen LogP contribution < -0.4 is 10.5 Å². The van der Waals surface area contributed by atoms with Crippen molar-refractivity contribution in [3.8, 4) is 0 Å². The van der Waals surface area contributed by atoms with E-state index in [2.05, 4.69) is 0 Å². The van der Waals surface area contributed by atoms with Gasteiger partial charge in [0.25, 0.3) is 5.92 Å². The van der Waals surface area contributed by atoms with E-state index in [0.717, 1.165) is 5.56 Å². The smallest absolute Gasteiger partial charge is 0.283 e. The van der Waals surface area contributed by atoms with E-state index in [4.69, 9.17) is 10.8 Å². The molecule has 0 aliphatic heterocycles. The Hall–Kier alpha value is -1.25. The lowest BCUT2D eigenvalue weighted by atomic mass is 10.2. The van der Waals surface area contributed by atoms with Crippen molar-refractivity contribution < 1.29 is 22.3 Å². The highest BCUT2D eigenvalue weighted by Gasteiger charge is 2.30. The number of hydrogen-bond acceptors (Lipinski definition) is 4. The van der Waals surface area contributed by atoms with Gasteiger partial charge in [-0.25, -0.2) is 21.9 Å². The second-order valence-corrected chi connectivity index (χ2v) is 5.62. The molecule has 1 aromatic carbocycles. The fraction of sp³-hybridized carbons (Fsp3) is 0.400. The highest BCUT2D eigenvalue weighted by Crippen LogP contribution is 2.20. The van der Waals surface area contributed by atoms with Crippen molar-refractivity contribution in [1.29, 1.82) is 0 Å². The van der Waals surface area contributed by atoms with Crippen LogP contribution >= 0.6 is 0 Å². The van der Waals surface area contributed by atoms with Crippen LogP contribution in [0.2, 0.25) is 0 Å². The van der Waals surface area contributed by atoms with Gasteiger partial charge in [0.2, 0.25) is 10.0 Å². The van der Waals surface area contributed by atoms with Crippen LogP contribution in [0.15, 0.2) is 23.1 Å². The zero-order valence-electron chi connectivity index (χ0n) is 9.65. The molecule has 1 aromatic rings. The van der Waals surface area contributed by atoms with Crippen LogP contribution in [0.25, 0.3) is 0 Å². The first-order chi connectivity index (χ1) is 8.18. The first-order valence-electron chi connectivity index (χ1n) is 5.02. The van der Waals surface area contributed by atoms with Crippen molar-refractivity contribution in [2.24, 2.45) is 0 Å².